The van der Waals surface area contributed by atoms with Crippen LogP contribution in [0.3, 0.4) is 0 Å². The molecule has 2 rings (SSSR count). The van der Waals surface area contributed by atoms with Crippen LogP contribution in [0.4, 0.5) is 20.2 Å². The van der Waals surface area contributed by atoms with Crippen LogP contribution in [0, 0.1) is 23.1 Å². The molecule has 4 N–H and O–H groups in total. The lowest BCUT2D eigenvalue weighted by Gasteiger charge is -2.04. The minimum Gasteiger partial charge on any atom is -0.398 e. The molecule has 0 atom stereocenters. The quantitative estimate of drug-likeness (QED) is 0.381. The zero-order valence-electron chi connectivity index (χ0n) is 13.3. The molecule has 0 heterocycles. The molecule has 0 aliphatic rings. The molecule has 0 spiro atoms. The summed E-state index contributed by atoms with van der Waals surface area (Å²) in [5.74, 6) is 2.37. The molecule has 0 aliphatic heterocycles. The first-order chi connectivity index (χ1) is 10.6. The Bertz CT molecular complexity index is 746. The van der Waals surface area contributed by atoms with Gasteiger partial charge in [0, 0.05) is 21.4 Å². The fourth-order valence-corrected chi connectivity index (χ4v) is 2.25. The Morgan fingerprint density at radius 3 is 1.91 bits per heavy atom. The Balaban J connectivity index is 0.000000253. The number of anilines is 2. The highest BCUT2D eigenvalue weighted by atomic mass is 79.9. The van der Waals surface area contributed by atoms with Crippen molar-refractivity contribution in [2.24, 2.45) is 0 Å². The fraction of sp³-hybridized carbons (Fsp3) is 0.176. The first-order valence-corrected chi connectivity index (χ1v) is 11.2. The number of rotatable bonds is 0. The SMILES string of the molecule is C[Si](C)(C)C#Cc1cc(F)ccc1N.Nc1ccc(F)cc1Br. The van der Waals surface area contributed by atoms with Crippen LogP contribution in [0.15, 0.2) is 40.9 Å². The smallest absolute Gasteiger partial charge is 0.129 e. The number of hydrogen-bond donors (Lipinski definition) is 2. The van der Waals surface area contributed by atoms with E-state index in [0.717, 1.165) is 0 Å². The lowest BCUT2D eigenvalue weighted by molar-refractivity contribution is 0.627. The summed E-state index contributed by atoms with van der Waals surface area (Å²) in [6.45, 7) is 6.40. The molecule has 0 saturated heterocycles. The predicted octanol–water partition coefficient (Wildman–Crippen LogP) is 4.81. The highest BCUT2D eigenvalue weighted by Crippen LogP contribution is 2.19. The van der Waals surface area contributed by atoms with Crippen LogP contribution in [0.25, 0.3) is 0 Å². The number of hydrogen-bond acceptors (Lipinski definition) is 2. The largest absolute Gasteiger partial charge is 0.398 e. The van der Waals surface area contributed by atoms with Crippen molar-refractivity contribution in [2.45, 2.75) is 19.6 Å². The molecule has 122 valence electrons. The van der Waals surface area contributed by atoms with Crippen molar-refractivity contribution in [1.82, 2.24) is 0 Å². The summed E-state index contributed by atoms with van der Waals surface area (Å²) >= 11 is 3.08. The van der Waals surface area contributed by atoms with Gasteiger partial charge >= 0.3 is 0 Å². The third-order valence-corrected chi connectivity index (χ3v) is 4.11. The highest BCUT2D eigenvalue weighted by Gasteiger charge is 2.08. The van der Waals surface area contributed by atoms with Crippen molar-refractivity contribution < 1.29 is 8.78 Å². The Labute approximate surface area is 145 Å². The van der Waals surface area contributed by atoms with Crippen molar-refractivity contribution in [3.8, 4) is 11.5 Å². The van der Waals surface area contributed by atoms with Crippen LogP contribution < -0.4 is 11.5 Å². The predicted molar refractivity (Wildman–Crippen MR) is 99.5 cm³/mol. The third-order valence-electron chi connectivity index (χ3n) is 2.55. The van der Waals surface area contributed by atoms with Crippen molar-refractivity contribution in [2.75, 3.05) is 11.5 Å². The van der Waals surface area contributed by atoms with Crippen LogP contribution >= 0.6 is 15.9 Å². The van der Waals surface area contributed by atoms with E-state index in [2.05, 4.69) is 47.0 Å². The molecule has 0 saturated carbocycles. The van der Waals surface area contributed by atoms with E-state index in [-0.39, 0.29) is 11.6 Å². The normalized spacial score (nSPS) is 10.2. The molecule has 2 aromatic rings. The topological polar surface area (TPSA) is 52.0 Å². The van der Waals surface area contributed by atoms with Crippen LogP contribution in [-0.2, 0) is 0 Å². The summed E-state index contributed by atoms with van der Waals surface area (Å²) < 4.78 is 25.7. The summed E-state index contributed by atoms with van der Waals surface area (Å²) in [4.78, 5) is 0. The third kappa shape index (κ3) is 7.31. The number of nitrogen functional groups attached to an aromatic ring is 2. The van der Waals surface area contributed by atoms with E-state index in [1.165, 1.54) is 30.3 Å². The van der Waals surface area contributed by atoms with Crippen LogP contribution in [0.5, 0.6) is 0 Å². The Kier molecular flexibility index (Phi) is 6.79. The standard InChI is InChI=1S/C11H14FNSi.C6H5BrFN/c1-14(2,3)7-6-9-8-10(12)4-5-11(9)13;7-5-3-4(8)1-2-6(5)9/h4-5,8H,13H2,1-3H3;1-3H,9H2. The minimum atomic E-state index is -1.42. The molecule has 6 heteroatoms. The van der Waals surface area contributed by atoms with Gasteiger partial charge in [-0.25, -0.2) is 8.78 Å². The van der Waals surface area contributed by atoms with Gasteiger partial charge in [-0.1, -0.05) is 25.6 Å². The first kappa shape index (κ1) is 19.2. The van der Waals surface area contributed by atoms with Gasteiger partial charge in [-0.2, -0.15) is 0 Å². The molecule has 0 radical (unpaired) electrons. The summed E-state index contributed by atoms with van der Waals surface area (Å²) in [5, 5.41) is 0. The molecule has 0 unspecified atom stereocenters. The Morgan fingerprint density at radius 1 is 0.913 bits per heavy atom. The fourth-order valence-electron chi connectivity index (χ4n) is 1.39. The van der Waals surface area contributed by atoms with Gasteiger partial charge in [-0.05, 0) is 52.3 Å². The lowest BCUT2D eigenvalue weighted by Crippen LogP contribution is -2.16. The second kappa shape index (κ2) is 8.13. The average Bonchev–Trinajstić information content (AvgIpc) is 2.44. The van der Waals surface area contributed by atoms with Crippen LogP contribution in [0.2, 0.25) is 19.6 Å². The van der Waals surface area contributed by atoms with Gasteiger partial charge in [-0.3, -0.25) is 0 Å². The zero-order chi connectivity index (χ0) is 17.6. The summed E-state index contributed by atoms with van der Waals surface area (Å²) in [6, 6.07) is 8.43. The van der Waals surface area contributed by atoms with Crippen molar-refractivity contribution in [3.63, 3.8) is 0 Å². The zero-order valence-corrected chi connectivity index (χ0v) is 15.8. The lowest BCUT2D eigenvalue weighted by atomic mass is 10.2. The van der Waals surface area contributed by atoms with Gasteiger partial charge in [0.15, 0.2) is 0 Å². The van der Waals surface area contributed by atoms with E-state index in [1.807, 2.05) is 0 Å². The molecule has 2 nitrogen and oxygen atoms in total. The molecule has 23 heavy (non-hydrogen) atoms. The van der Waals surface area contributed by atoms with Gasteiger partial charge in [0.2, 0.25) is 0 Å². The van der Waals surface area contributed by atoms with E-state index in [1.54, 1.807) is 6.07 Å². The van der Waals surface area contributed by atoms with Gasteiger partial charge in [0.25, 0.3) is 0 Å². The van der Waals surface area contributed by atoms with E-state index >= 15 is 0 Å². The summed E-state index contributed by atoms with van der Waals surface area (Å²) in [7, 11) is -1.42. The van der Waals surface area contributed by atoms with Gasteiger partial charge in [-0.15, -0.1) is 5.54 Å². The van der Waals surface area contributed by atoms with Crippen molar-refractivity contribution in [3.05, 3.63) is 58.1 Å². The van der Waals surface area contributed by atoms with E-state index in [0.29, 0.717) is 21.4 Å². The molecule has 0 fully saturated rings. The van der Waals surface area contributed by atoms with E-state index < -0.39 is 8.07 Å². The summed E-state index contributed by atoms with van der Waals surface area (Å²) in [5.41, 5.74) is 15.9. The second-order valence-corrected chi connectivity index (χ2v) is 11.5. The maximum atomic E-state index is 12.9. The maximum absolute atomic E-state index is 12.9. The minimum absolute atomic E-state index is 0.281. The summed E-state index contributed by atoms with van der Waals surface area (Å²) in [6.07, 6.45) is 0. The number of halogens is 3. The molecule has 0 aliphatic carbocycles. The van der Waals surface area contributed by atoms with Crippen LogP contribution in [-0.4, -0.2) is 8.07 Å². The Morgan fingerprint density at radius 2 is 1.43 bits per heavy atom. The van der Waals surface area contributed by atoms with E-state index in [4.69, 9.17) is 11.5 Å². The molecule has 0 aromatic heterocycles. The van der Waals surface area contributed by atoms with Crippen LogP contribution in [0.1, 0.15) is 5.56 Å². The second-order valence-electron chi connectivity index (χ2n) is 5.90. The first-order valence-electron chi connectivity index (χ1n) is 6.87. The number of benzene rings is 2. The van der Waals surface area contributed by atoms with Gasteiger partial charge in [0.05, 0.1) is 0 Å². The molecule has 0 bridgehead atoms. The van der Waals surface area contributed by atoms with Gasteiger partial charge < -0.3 is 11.5 Å². The molecular formula is C17H19BrF2N2Si. The van der Waals surface area contributed by atoms with Gasteiger partial charge in [0.1, 0.15) is 19.7 Å². The van der Waals surface area contributed by atoms with Crippen molar-refractivity contribution in [1.29, 1.82) is 0 Å². The van der Waals surface area contributed by atoms with E-state index in [9.17, 15) is 8.78 Å². The monoisotopic (exact) mass is 396 g/mol. The maximum Gasteiger partial charge on any atom is 0.129 e. The molecular weight excluding hydrogens is 378 g/mol. The molecule has 2 aromatic carbocycles. The Hall–Kier alpha value is -1.84. The number of nitrogens with two attached hydrogens (primary N) is 2. The van der Waals surface area contributed by atoms with Crippen molar-refractivity contribution >= 4 is 35.4 Å². The molecule has 0 amide bonds. The average molecular weight is 397 g/mol. The highest BCUT2D eigenvalue weighted by molar-refractivity contribution is 9.10.